The van der Waals surface area contributed by atoms with Gasteiger partial charge in [-0.05, 0) is 24.6 Å². The lowest BCUT2D eigenvalue weighted by Crippen LogP contribution is -2.36. The van der Waals surface area contributed by atoms with Crippen molar-refractivity contribution < 1.29 is 13.9 Å². The van der Waals surface area contributed by atoms with Gasteiger partial charge in [0.25, 0.3) is 0 Å². The Hall–Kier alpha value is -1.17. The van der Waals surface area contributed by atoms with Gasteiger partial charge < -0.3 is 15.8 Å². The van der Waals surface area contributed by atoms with Gasteiger partial charge in [0.15, 0.2) is 0 Å². The summed E-state index contributed by atoms with van der Waals surface area (Å²) in [7, 11) is 1.53. The number of nitrogens with one attached hydrogen (secondary N) is 1. The van der Waals surface area contributed by atoms with Crippen molar-refractivity contribution >= 4 is 23.2 Å². The molecule has 94 valence electrons. The number of amides is 1. The molecule has 0 heterocycles. The zero-order valence-electron chi connectivity index (χ0n) is 9.37. The third-order valence-corrected chi connectivity index (χ3v) is 2.45. The standard InChI is InChI=1S/C11H14ClFN2O2/c1-17-5-4-10(14)11(16)15-7-2-3-9(13)8(12)6-7/h2-3,6,10H,4-5,14H2,1H3,(H,15,16). The van der Waals surface area contributed by atoms with Crippen LogP contribution in [-0.2, 0) is 9.53 Å². The summed E-state index contributed by atoms with van der Waals surface area (Å²) in [6, 6.07) is 3.26. The van der Waals surface area contributed by atoms with Crippen molar-refractivity contribution in [1.29, 1.82) is 0 Å². The Bertz CT molecular complexity index is 401. The summed E-state index contributed by atoms with van der Waals surface area (Å²) in [4.78, 5) is 11.6. The van der Waals surface area contributed by atoms with Crippen LogP contribution in [0.5, 0.6) is 0 Å². The molecule has 1 aromatic carbocycles. The van der Waals surface area contributed by atoms with Crippen LogP contribution in [0.4, 0.5) is 10.1 Å². The lowest BCUT2D eigenvalue weighted by atomic mass is 10.2. The summed E-state index contributed by atoms with van der Waals surface area (Å²) in [6.45, 7) is 0.402. The Labute approximate surface area is 104 Å². The Morgan fingerprint density at radius 2 is 2.35 bits per heavy atom. The second kappa shape index (κ2) is 6.54. The van der Waals surface area contributed by atoms with E-state index < -0.39 is 11.9 Å². The molecule has 1 rings (SSSR count). The Kier molecular flexibility index (Phi) is 5.34. The molecule has 0 aliphatic carbocycles. The number of carbonyl (C=O) groups is 1. The smallest absolute Gasteiger partial charge is 0.241 e. The number of hydrogen-bond donors (Lipinski definition) is 2. The third kappa shape index (κ3) is 4.30. The minimum absolute atomic E-state index is 0.0479. The molecule has 0 saturated carbocycles. The first-order valence-electron chi connectivity index (χ1n) is 5.05. The highest BCUT2D eigenvalue weighted by Gasteiger charge is 2.13. The van der Waals surface area contributed by atoms with Gasteiger partial charge in [-0.2, -0.15) is 0 Å². The molecule has 0 fully saturated rings. The number of halogens is 2. The van der Waals surface area contributed by atoms with Crippen LogP contribution < -0.4 is 11.1 Å². The number of anilines is 1. The number of nitrogens with two attached hydrogens (primary N) is 1. The Morgan fingerprint density at radius 3 is 2.94 bits per heavy atom. The predicted octanol–water partition coefficient (Wildman–Crippen LogP) is 1.78. The fourth-order valence-electron chi connectivity index (χ4n) is 1.18. The van der Waals surface area contributed by atoms with Crippen LogP contribution in [0.25, 0.3) is 0 Å². The number of ether oxygens (including phenoxy) is 1. The van der Waals surface area contributed by atoms with Gasteiger partial charge in [0.2, 0.25) is 5.91 Å². The van der Waals surface area contributed by atoms with Gasteiger partial charge in [-0.25, -0.2) is 4.39 Å². The highest BCUT2D eigenvalue weighted by Crippen LogP contribution is 2.19. The lowest BCUT2D eigenvalue weighted by Gasteiger charge is -2.11. The molecule has 0 aliphatic rings. The van der Waals surface area contributed by atoms with E-state index in [9.17, 15) is 9.18 Å². The van der Waals surface area contributed by atoms with Crippen molar-refractivity contribution in [3.05, 3.63) is 29.0 Å². The maximum Gasteiger partial charge on any atom is 0.241 e. The second-order valence-corrected chi connectivity index (χ2v) is 3.91. The van der Waals surface area contributed by atoms with Crippen molar-refractivity contribution in [2.75, 3.05) is 19.0 Å². The van der Waals surface area contributed by atoms with Crippen LogP contribution in [0.15, 0.2) is 18.2 Å². The Balaban J connectivity index is 2.58. The van der Waals surface area contributed by atoms with E-state index in [-0.39, 0.29) is 10.9 Å². The number of benzene rings is 1. The SMILES string of the molecule is COCCC(N)C(=O)Nc1ccc(F)c(Cl)c1. The van der Waals surface area contributed by atoms with E-state index in [1.807, 2.05) is 0 Å². The first-order chi connectivity index (χ1) is 8.04. The normalized spacial score (nSPS) is 12.2. The van der Waals surface area contributed by atoms with Gasteiger partial charge in [-0.15, -0.1) is 0 Å². The van der Waals surface area contributed by atoms with E-state index in [1.165, 1.54) is 25.3 Å². The highest BCUT2D eigenvalue weighted by molar-refractivity contribution is 6.31. The number of carbonyl (C=O) groups excluding carboxylic acids is 1. The fourth-order valence-corrected chi connectivity index (χ4v) is 1.37. The largest absolute Gasteiger partial charge is 0.385 e. The molecule has 0 bridgehead atoms. The van der Waals surface area contributed by atoms with E-state index in [0.717, 1.165) is 0 Å². The zero-order chi connectivity index (χ0) is 12.8. The van der Waals surface area contributed by atoms with Crippen molar-refractivity contribution in [3.8, 4) is 0 Å². The minimum atomic E-state index is -0.668. The van der Waals surface area contributed by atoms with E-state index in [1.54, 1.807) is 0 Å². The van der Waals surface area contributed by atoms with Crippen molar-refractivity contribution in [1.82, 2.24) is 0 Å². The molecule has 1 aromatic rings. The molecule has 0 radical (unpaired) electrons. The van der Waals surface area contributed by atoms with Crippen LogP contribution in [-0.4, -0.2) is 25.7 Å². The van der Waals surface area contributed by atoms with Gasteiger partial charge in [0, 0.05) is 19.4 Å². The quantitative estimate of drug-likeness (QED) is 0.848. The van der Waals surface area contributed by atoms with E-state index in [0.29, 0.717) is 18.7 Å². The van der Waals surface area contributed by atoms with Gasteiger partial charge in [-0.1, -0.05) is 11.6 Å². The molecule has 4 nitrogen and oxygen atoms in total. The van der Waals surface area contributed by atoms with E-state index in [2.05, 4.69) is 5.32 Å². The number of hydrogen-bond acceptors (Lipinski definition) is 3. The first-order valence-corrected chi connectivity index (χ1v) is 5.43. The molecule has 0 aliphatic heterocycles. The van der Waals surface area contributed by atoms with Gasteiger partial charge >= 0.3 is 0 Å². The van der Waals surface area contributed by atoms with Crippen LogP contribution in [0.1, 0.15) is 6.42 Å². The molecule has 17 heavy (non-hydrogen) atoms. The van der Waals surface area contributed by atoms with Crippen LogP contribution in [0.2, 0.25) is 5.02 Å². The summed E-state index contributed by atoms with van der Waals surface area (Å²) in [5.41, 5.74) is 6.03. The third-order valence-electron chi connectivity index (χ3n) is 2.16. The molecule has 1 atom stereocenters. The average molecular weight is 261 g/mol. The molecule has 6 heteroatoms. The molecule has 0 spiro atoms. The summed E-state index contributed by atoms with van der Waals surface area (Å²) in [5.74, 6) is -0.891. The minimum Gasteiger partial charge on any atom is -0.385 e. The number of methoxy groups -OCH3 is 1. The van der Waals surface area contributed by atoms with Crippen LogP contribution in [0.3, 0.4) is 0 Å². The molecule has 1 amide bonds. The zero-order valence-corrected chi connectivity index (χ0v) is 10.1. The van der Waals surface area contributed by atoms with Gasteiger partial charge in [0.05, 0.1) is 11.1 Å². The monoisotopic (exact) mass is 260 g/mol. The molecule has 3 N–H and O–H groups in total. The van der Waals surface area contributed by atoms with Gasteiger partial charge in [0.1, 0.15) is 5.82 Å². The van der Waals surface area contributed by atoms with Crippen molar-refractivity contribution in [3.63, 3.8) is 0 Å². The van der Waals surface area contributed by atoms with Gasteiger partial charge in [-0.3, -0.25) is 4.79 Å². The van der Waals surface area contributed by atoms with Crippen LogP contribution in [0, 0.1) is 5.82 Å². The van der Waals surface area contributed by atoms with E-state index >= 15 is 0 Å². The first kappa shape index (κ1) is 13.9. The topological polar surface area (TPSA) is 64.3 Å². The Morgan fingerprint density at radius 1 is 1.65 bits per heavy atom. The average Bonchev–Trinajstić information content (AvgIpc) is 2.30. The summed E-state index contributed by atoms with van der Waals surface area (Å²) in [5, 5.41) is 2.50. The molecule has 1 unspecified atom stereocenters. The maximum atomic E-state index is 12.9. The predicted molar refractivity (Wildman–Crippen MR) is 64.5 cm³/mol. The molecular formula is C11H14ClFN2O2. The lowest BCUT2D eigenvalue weighted by molar-refractivity contribution is -0.117. The van der Waals surface area contributed by atoms with E-state index in [4.69, 9.17) is 22.1 Å². The maximum absolute atomic E-state index is 12.9. The fraction of sp³-hybridized carbons (Fsp3) is 0.364. The number of rotatable bonds is 5. The summed E-state index contributed by atoms with van der Waals surface area (Å²) < 4.78 is 17.7. The van der Waals surface area contributed by atoms with Crippen molar-refractivity contribution in [2.24, 2.45) is 5.73 Å². The molecule has 0 saturated heterocycles. The second-order valence-electron chi connectivity index (χ2n) is 3.51. The summed E-state index contributed by atoms with van der Waals surface area (Å²) in [6.07, 6.45) is 0.414. The van der Waals surface area contributed by atoms with Crippen LogP contribution >= 0.6 is 11.6 Å². The summed E-state index contributed by atoms with van der Waals surface area (Å²) >= 11 is 5.58. The highest BCUT2D eigenvalue weighted by atomic mass is 35.5. The van der Waals surface area contributed by atoms with Crippen molar-refractivity contribution in [2.45, 2.75) is 12.5 Å². The molecular weight excluding hydrogens is 247 g/mol. The molecule has 0 aromatic heterocycles.